The second-order valence-corrected chi connectivity index (χ2v) is 10.9. The van der Waals surface area contributed by atoms with E-state index in [1.54, 1.807) is 0 Å². The van der Waals surface area contributed by atoms with Gasteiger partial charge in [-0.15, -0.1) is 0 Å². The van der Waals surface area contributed by atoms with Crippen LogP contribution in [0.5, 0.6) is 5.75 Å². The van der Waals surface area contributed by atoms with Crippen LogP contribution in [-0.4, -0.2) is 30.6 Å². The summed E-state index contributed by atoms with van der Waals surface area (Å²) in [6, 6.07) is 25.0. The van der Waals surface area contributed by atoms with Crippen LogP contribution in [0, 0.1) is 0 Å². The lowest BCUT2D eigenvalue weighted by molar-refractivity contribution is -0.154. The fraction of sp³-hybridized carbons (Fsp3) is 0.394. The van der Waals surface area contributed by atoms with E-state index in [0.717, 1.165) is 49.1 Å². The third kappa shape index (κ3) is 7.70. The van der Waals surface area contributed by atoms with Gasteiger partial charge in [0.2, 0.25) is 5.91 Å². The van der Waals surface area contributed by atoms with Gasteiger partial charge in [0, 0.05) is 31.4 Å². The number of esters is 1. The molecule has 0 bridgehead atoms. The Labute approximate surface area is 226 Å². The summed E-state index contributed by atoms with van der Waals surface area (Å²) in [5, 5.41) is 0. The van der Waals surface area contributed by atoms with Gasteiger partial charge in [0.15, 0.2) is 0 Å². The molecular formula is C33H39NO4. The Bertz CT molecular complexity index is 1210. The standard InChI is InChI=1S/C33H39NO4/c1-33(2,3)38-32(36)16-9-5-8-15-31(35)34-23-21-28-29(34)13-10-14-30(28)37-24-22-25-17-19-27(20-18-25)26-11-6-4-7-12-26/h4,6-7,10-14,17-20H,5,8-9,15-16,21-24H2,1-3H3. The molecule has 1 heterocycles. The maximum Gasteiger partial charge on any atom is 0.306 e. The highest BCUT2D eigenvalue weighted by Crippen LogP contribution is 2.35. The van der Waals surface area contributed by atoms with Gasteiger partial charge < -0.3 is 14.4 Å². The molecule has 4 rings (SSSR count). The van der Waals surface area contributed by atoms with Crippen molar-refractivity contribution in [2.75, 3.05) is 18.1 Å². The molecule has 1 amide bonds. The summed E-state index contributed by atoms with van der Waals surface area (Å²) in [6.45, 7) is 6.90. The molecule has 200 valence electrons. The molecule has 0 aliphatic carbocycles. The second kappa shape index (κ2) is 12.8. The van der Waals surface area contributed by atoms with Crippen LogP contribution in [0.4, 0.5) is 5.69 Å². The molecule has 5 heteroatoms. The van der Waals surface area contributed by atoms with E-state index in [9.17, 15) is 9.59 Å². The lowest BCUT2D eigenvalue weighted by Crippen LogP contribution is -2.28. The highest BCUT2D eigenvalue weighted by Gasteiger charge is 2.26. The Balaban J connectivity index is 1.23. The van der Waals surface area contributed by atoms with Crippen LogP contribution >= 0.6 is 0 Å². The molecule has 3 aromatic rings. The molecular weight excluding hydrogens is 474 g/mol. The van der Waals surface area contributed by atoms with Gasteiger partial charge >= 0.3 is 5.97 Å². The van der Waals surface area contributed by atoms with E-state index in [1.807, 2.05) is 49.9 Å². The van der Waals surface area contributed by atoms with Crippen LogP contribution in [0.15, 0.2) is 72.8 Å². The molecule has 0 N–H and O–H groups in total. The fourth-order valence-electron chi connectivity index (χ4n) is 4.82. The summed E-state index contributed by atoms with van der Waals surface area (Å²) in [7, 11) is 0. The number of benzene rings is 3. The van der Waals surface area contributed by atoms with Crippen molar-refractivity contribution in [1.29, 1.82) is 0 Å². The summed E-state index contributed by atoms with van der Waals surface area (Å²) in [5.74, 6) is 0.835. The normalized spacial score (nSPS) is 12.8. The van der Waals surface area contributed by atoms with Gasteiger partial charge in [-0.3, -0.25) is 9.59 Å². The summed E-state index contributed by atoms with van der Waals surface area (Å²) in [6.07, 6.45) is 4.86. The van der Waals surface area contributed by atoms with Crippen molar-refractivity contribution < 1.29 is 19.1 Å². The quantitative estimate of drug-likeness (QED) is 0.202. The smallest absolute Gasteiger partial charge is 0.306 e. The minimum absolute atomic E-state index is 0.136. The van der Waals surface area contributed by atoms with Crippen molar-refractivity contribution in [3.63, 3.8) is 0 Å². The minimum atomic E-state index is -0.451. The number of ether oxygens (including phenoxy) is 2. The number of hydrogen-bond donors (Lipinski definition) is 0. The van der Waals surface area contributed by atoms with E-state index in [0.29, 0.717) is 26.0 Å². The molecule has 0 radical (unpaired) electrons. The van der Waals surface area contributed by atoms with Gasteiger partial charge in [0.05, 0.1) is 12.3 Å². The fourth-order valence-corrected chi connectivity index (χ4v) is 4.82. The number of amides is 1. The molecule has 0 atom stereocenters. The lowest BCUT2D eigenvalue weighted by atomic mass is 10.0. The zero-order chi connectivity index (χ0) is 27.0. The predicted octanol–water partition coefficient (Wildman–Crippen LogP) is 7.16. The van der Waals surface area contributed by atoms with Gasteiger partial charge in [-0.05, 0) is 68.9 Å². The van der Waals surface area contributed by atoms with E-state index in [1.165, 1.54) is 16.7 Å². The van der Waals surface area contributed by atoms with Gasteiger partial charge in [0.25, 0.3) is 0 Å². The van der Waals surface area contributed by atoms with Crippen LogP contribution in [0.3, 0.4) is 0 Å². The molecule has 0 saturated heterocycles. The Hall–Kier alpha value is -3.60. The molecule has 1 aliphatic heterocycles. The summed E-state index contributed by atoms with van der Waals surface area (Å²) in [4.78, 5) is 26.7. The largest absolute Gasteiger partial charge is 0.493 e. The molecule has 0 aromatic heterocycles. The molecule has 38 heavy (non-hydrogen) atoms. The number of anilines is 1. The number of carbonyl (C=O) groups is 2. The maximum atomic E-state index is 12.9. The van der Waals surface area contributed by atoms with Gasteiger partial charge in [-0.2, -0.15) is 0 Å². The second-order valence-electron chi connectivity index (χ2n) is 10.9. The number of hydrogen-bond acceptors (Lipinski definition) is 4. The van der Waals surface area contributed by atoms with E-state index >= 15 is 0 Å². The maximum absolute atomic E-state index is 12.9. The SMILES string of the molecule is CC(C)(C)OC(=O)CCCCCC(=O)N1CCc2c(OCCc3ccc(-c4ccccc4)cc3)cccc21. The van der Waals surface area contributed by atoms with Gasteiger partial charge in [0.1, 0.15) is 11.4 Å². The molecule has 0 unspecified atom stereocenters. The van der Waals surface area contributed by atoms with Crippen molar-refractivity contribution in [1.82, 2.24) is 0 Å². The molecule has 0 spiro atoms. The number of unbranched alkanes of at least 4 members (excludes halogenated alkanes) is 2. The predicted molar refractivity (Wildman–Crippen MR) is 153 cm³/mol. The Morgan fingerprint density at radius 1 is 0.816 bits per heavy atom. The van der Waals surface area contributed by atoms with Crippen molar-refractivity contribution in [3.8, 4) is 16.9 Å². The van der Waals surface area contributed by atoms with Crippen LogP contribution in [0.1, 0.15) is 64.0 Å². The first-order chi connectivity index (χ1) is 18.3. The first-order valence-electron chi connectivity index (χ1n) is 13.7. The van der Waals surface area contributed by atoms with Crippen LogP contribution in [0.2, 0.25) is 0 Å². The van der Waals surface area contributed by atoms with Crippen LogP contribution in [0.25, 0.3) is 11.1 Å². The van der Waals surface area contributed by atoms with Gasteiger partial charge in [-0.1, -0.05) is 67.1 Å². The molecule has 0 fully saturated rings. The molecule has 0 saturated carbocycles. The summed E-state index contributed by atoms with van der Waals surface area (Å²) < 4.78 is 11.5. The highest BCUT2D eigenvalue weighted by molar-refractivity contribution is 5.96. The zero-order valence-corrected chi connectivity index (χ0v) is 22.9. The molecule has 5 nitrogen and oxygen atoms in total. The van der Waals surface area contributed by atoms with E-state index in [2.05, 4.69) is 48.5 Å². The average Bonchev–Trinajstić information content (AvgIpc) is 3.33. The minimum Gasteiger partial charge on any atom is -0.493 e. The van der Waals surface area contributed by atoms with E-state index < -0.39 is 5.60 Å². The monoisotopic (exact) mass is 513 g/mol. The Kier molecular flexibility index (Phi) is 9.22. The Morgan fingerprint density at radius 2 is 1.53 bits per heavy atom. The lowest BCUT2D eigenvalue weighted by Gasteiger charge is -2.19. The molecule has 1 aliphatic rings. The third-order valence-corrected chi connectivity index (χ3v) is 6.69. The van der Waals surface area contributed by atoms with Crippen molar-refractivity contribution in [3.05, 3.63) is 83.9 Å². The number of rotatable bonds is 11. The molecule has 3 aromatic carbocycles. The van der Waals surface area contributed by atoms with E-state index in [-0.39, 0.29) is 11.9 Å². The highest BCUT2D eigenvalue weighted by atomic mass is 16.6. The summed E-state index contributed by atoms with van der Waals surface area (Å²) >= 11 is 0. The van der Waals surface area contributed by atoms with Gasteiger partial charge in [-0.25, -0.2) is 0 Å². The van der Waals surface area contributed by atoms with Crippen molar-refractivity contribution >= 4 is 17.6 Å². The number of carbonyl (C=O) groups excluding carboxylic acids is 2. The zero-order valence-electron chi connectivity index (χ0n) is 22.9. The van der Waals surface area contributed by atoms with Crippen LogP contribution < -0.4 is 9.64 Å². The summed E-state index contributed by atoms with van der Waals surface area (Å²) in [5.41, 5.74) is 5.30. The topological polar surface area (TPSA) is 55.8 Å². The Morgan fingerprint density at radius 3 is 2.26 bits per heavy atom. The number of fused-ring (bicyclic) bond motifs is 1. The van der Waals surface area contributed by atoms with Crippen molar-refractivity contribution in [2.45, 2.75) is 71.3 Å². The first-order valence-corrected chi connectivity index (χ1v) is 13.7. The average molecular weight is 514 g/mol. The van der Waals surface area contributed by atoms with Crippen molar-refractivity contribution in [2.24, 2.45) is 0 Å². The van der Waals surface area contributed by atoms with Crippen LogP contribution in [-0.2, 0) is 27.2 Å². The number of nitrogens with zero attached hydrogens (tertiary/aromatic N) is 1. The van der Waals surface area contributed by atoms with E-state index in [4.69, 9.17) is 9.47 Å². The third-order valence-electron chi connectivity index (χ3n) is 6.69. The first kappa shape index (κ1) is 27.4.